The number of allylic oxidation sites excluding steroid dienone is 1. The van der Waals surface area contributed by atoms with Gasteiger partial charge in [0.1, 0.15) is 5.65 Å². The van der Waals surface area contributed by atoms with Gasteiger partial charge in [-0.15, -0.1) is 0 Å². The van der Waals surface area contributed by atoms with Crippen molar-refractivity contribution in [3.63, 3.8) is 0 Å². The lowest BCUT2D eigenvalue weighted by molar-refractivity contribution is 0.0116. The van der Waals surface area contributed by atoms with E-state index in [1.807, 2.05) is 25.4 Å². The highest BCUT2D eigenvalue weighted by molar-refractivity contribution is 5.89. The molecule has 5 rings (SSSR count). The molecule has 0 aromatic carbocycles. The second kappa shape index (κ2) is 6.31. The van der Waals surface area contributed by atoms with Crippen LogP contribution in [0.1, 0.15) is 20.3 Å². The Morgan fingerprint density at radius 2 is 2.33 bits per heavy atom. The molecule has 8 nitrogen and oxygen atoms in total. The van der Waals surface area contributed by atoms with E-state index in [0.717, 1.165) is 42.8 Å². The minimum absolute atomic E-state index is 0.120. The maximum atomic E-state index is 5.95. The van der Waals surface area contributed by atoms with Crippen molar-refractivity contribution in [2.75, 3.05) is 31.6 Å². The number of ether oxygens (including phenoxy) is 2. The fraction of sp³-hybridized carbons (Fsp3) is 0.526. The van der Waals surface area contributed by atoms with E-state index in [1.165, 1.54) is 5.57 Å². The number of aromatic nitrogens is 3. The van der Waals surface area contributed by atoms with Crippen molar-refractivity contribution in [1.29, 1.82) is 0 Å². The van der Waals surface area contributed by atoms with Gasteiger partial charge in [-0.25, -0.2) is 0 Å². The Morgan fingerprint density at radius 3 is 3.15 bits per heavy atom. The quantitative estimate of drug-likeness (QED) is 0.746. The standard InChI is InChI=1S/C19H24N6O2/c1-3-26-17-12-4-5-21-16(12)24-18(25-17)23-14-9-22-19(11(14)2)8-13(19)15-10-20-6-7-27-15/h4-5,9,13,15,20H,3,6-8,10H2,1-2H3,(H2,21,23,24,25). The zero-order valence-electron chi connectivity index (χ0n) is 15.6. The van der Waals surface area contributed by atoms with Gasteiger partial charge in [-0.2, -0.15) is 9.97 Å². The number of aromatic amines is 1. The van der Waals surface area contributed by atoms with Gasteiger partial charge in [-0.05, 0) is 31.9 Å². The number of morpholine rings is 1. The number of rotatable bonds is 5. The lowest BCUT2D eigenvalue weighted by Crippen LogP contribution is -2.41. The highest BCUT2D eigenvalue weighted by Gasteiger charge is 2.61. The van der Waals surface area contributed by atoms with Crippen molar-refractivity contribution in [2.45, 2.75) is 31.9 Å². The summed E-state index contributed by atoms with van der Waals surface area (Å²) in [7, 11) is 0. The van der Waals surface area contributed by atoms with Crippen LogP contribution in [0.15, 0.2) is 28.5 Å². The molecule has 8 heteroatoms. The fourth-order valence-electron chi connectivity index (χ4n) is 4.21. The van der Waals surface area contributed by atoms with Crippen LogP contribution in [0, 0.1) is 5.92 Å². The number of anilines is 1. The molecule has 0 amide bonds. The average Bonchev–Trinajstić information content (AvgIpc) is 3.09. The summed E-state index contributed by atoms with van der Waals surface area (Å²) in [5, 5.41) is 7.64. The SMILES string of the molecule is CCOc1nc(NC2=C(C)C3(CC3C3CNCCO3)N=C2)nc2[nH]ccc12. The maximum Gasteiger partial charge on any atom is 0.232 e. The van der Waals surface area contributed by atoms with Gasteiger partial charge in [0.2, 0.25) is 11.8 Å². The molecule has 1 saturated carbocycles. The van der Waals surface area contributed by atoms with Crippen molar-refractivity contribution >= 4 is 23.2 Å². The number of nitrogens with one attached hydrogen (secondary N) is 3. The van der Waals surface area contributed by atoms with Gasteiger partial charge in [0.15, 0.2) is 0 Å². The normalized spacial score (nSPS) is 29.7. The minimum Gasteiger partial charge on any atom is -0.477 e. The number of aliphatic imine (C=N–C) groups is 1. The summed E-state index contributed by atoms with van der Waals surface area (Å²) in [6.07, 6.45) is 5.03. The third-order valence-electron chi connectivity index (χ3n) is 5.78. The molecule has 2 aromatic heterocycles. The van der Waals surface area contributed by atoms with Crippen LogP contribution in [-0.4, -0.2) is 59.1 Å². The molecule has 3 N–H and O–H groups in total. The molecular formula is C19H24N6O2. The Bertz CT molecular complexity index is 929. The molecule has 27 heavy (non-hydrogen) atoms. The summed E-state index contributed by atoms with van der Waals surface area (Å²) in [5.41, 5.74) is 2.83. The molecule has 1 spiro atoms. The summed E-state index contributed by atoms with van der Waals surface area (Å²) in [4.78, 5) is 17.1. The molecule has 3 atom stereocenters. The Kier molecular flexibility index (Phi) is 3.91. The molecule has 1 saturated heterocycles. The predicted octanol–water partition coefficient (Wildman–Crippen LogP) is 1.87. The molecule has 2 fully saturated rings. The zero-order chi connectivity index (χ0) is 18.4. The third-order valence-corrected chi connectivity index (χ3v) is 5.78. The van der Waals surface area contributed by atoms with Gasteiger partial charge < -0.3 is 25.1 Å². The summed E-state index contributed by atoms with van der Waals surface area (Å²) in [6.45, 7) is 7.26. The number of H-pyrrole nitrogens is 1. The van der Waals surface area contributed by atoms with Crippen molar-refractivity contribution in [3.8, 4) is 5.88 Å². The highest BCUT2D eigenvalue weighted by Crippen LogP contribution is 2.57. The Balaban J connectivity index is 1.39. The van der Waals surface area contributed by atoms with Crippen molar-refractivity contribution in [1.82, 2.24) is 20.3 Å². The Labute approximate surface area is 157 Å². The lowest BCUT2D eigenvalue weighted by Gasteiger charge is -2.25. The largest absolute Gasteiger partial charge is 0.477 e. The summed E-state index contributed by atoms with van der Waals surface area (Å²) in [6, 6.07) is 1.92. The average molecular weight is 368 g/mol. The van der Waals surface area contributed by atoms with Gasteiger partial charge in [-0.3, -0.25) is 4.99 Å². The topological polar surface area (TPSA) is 96.4 Å². The maximum absolute atomic E-state index is 5.95. The number of hydrogen-bond acceptors (Lipinski definition) is 7. The first kappa shape index (κ1) is 16.7. The molecule has 0 radical (unpaired) electrons. The molecule has 142 valence electrons. The molecule has 4 heterocycles. The zero-order valence-corrected chi connectivity index (χ0v) is 15.6. The molecule has 0 bridgehead atoms. The van der Waals surface area contributed by atoms with Crippen LogP contribution in [0.3, 0.4) is 0 Å². The molecular weight excluding hydrogens is 344 g/mol. The lowest BCUT2D eigenvalue weighted by atomic mass is 10.0. The van der Waals surface area contributed by atoms with E-state index in [2.05, 4.69) is 32.5 Å². The molecule has 1 aliphatic carbocycles. The van der Waals surface area contributed by atoms with Gasteiger partial charge in [0, 0.05) is 31.4 Å². The Morgan fingerprint density at radius 1 is 1.41 bits per heavy atom. The fourth-order valence-corrected chi connectivity index (χ4v) is 4.21. The summed E-state index contributed by atoms with van der Waals surface area (Å²) in [5.74, 6) is 1.53. The van der Waals surface area contributed by atoms with Crippen LogP contribution in [0.25, 0.3) is 11.0 Å². The molecule has 3 aliphatic rings. The number of fused-ring (bicyclic) bond motifs is 1. The summed E-state index contributed by atoms with van der Waals surface area (Å²) >= 11 is 0. The van der Waals surface area contributed by atoms with E-state index < -0.39 is 0 Å². The first-order chi connectivity index (χ1) is 13.2. The van der Waals surface area contributed by atoms with Gasteiger partial charge in [0.05, 0.1) is 35.9 Å². The van der Waals surface area contributed by atoms with Crippen molar-refractivity contribution < 1.29 is 9.47 Å². The third kappa shape index (κ3) is 2.71. The monoisotopic (exact) mass is 368 g/mol. The van der Waals surface area contributed by atoms with Crippen molar-refractivity contribution in [2.24, 2.45) is 10.9 Å². The van der Waals surface area contributed by atoms with Crippen LogP contribution in [-0.2, 0) is 4.74 Å². The second-order valence-corrected chi connectivity index (χ2v) is 7.30. The van der Waals surface area contributed by atoms with E-state index in [0.29, 0.717) is 24.4 Å². The van der Waals surface area contributed by atoms with Crippen LogP contribution in [0.2, 0.25) is 0 Å². The van der Waals surface area contributed by atoms with Crippen molar-refractivity contribution in [3.05, 3.63) is 23.5 Å². The van der Waals surface area contributed by atoms with Gasteiger partial charge >= 0.3 is 0 Å². The van der Waals surface area contributed by atoms with E-state index in [1.54, 1.807) is 0 Å². The molecule has 3 unspecified atom stereocenters. The minimum atomic E-state index is -0.120. The van der Waals surface area contributed by atoms with Crippen LogP contribution >= 0.6 is 0 Å². The molecule has 2 aromatic rings. The van der Waals surface area contributed by atoms with E-state index in [4.69, 9.17) is 14.5 Å². The van der Waals surface area contributed by atoms with Crippen LogP contribution in [0.4, 0.5) is 5.95 Å². The number of nitrogens with zero attached hydrogens (tertiary/aromatic N) is 3. The van der Waals surface area contributed by atoms with Crippen LogP contribution in [0.5, 0.6) is 5.88 Å². The van der Waals surface area contributed by atoms with Gasteiger partial charge in [-0.1, -0.05) is 0 Å². The van der Waals surface area contributed by atoms with E-state index >= 15 is 0 Å². The smallest absolute Gasteiger partial charge is 0.232 e. The molecule has 2 aliphatic heterocycles. The number of hydrogen-bond donors (Lipinski definition) is 3. The first-order valence-electron chi connectivity index (χ1n) is 9.55. The van der Waals surface area contributed by atoms with E-state index in [-0.39, 0.29) is 11.6 Å². The summed E-state index contributed by atoms with van der Waals surface area (Å²) < 4.78 is 11.6. The second-order valence-electron chi connectivity index (χ2n) is 7.30. The van der Waals surface area contributed by atoms with E-state index in [9.17, 15) is 0 Å². The highest BCUT2D eigenvalue weighted by atomic mass is 16.5. The Hall–Kier alpha value is -2.45. The van der Waals surface area contributed by atoms with Gasteiger partial charge in [0.25, 0.3) is 0 Å². The first-order valence-corrected chi connectivity index (χ1v) is 9.55. The van der Waals surface area contributed by atoms with Crippen LogP contribution < -0.4 is 15.4 Å². The predicted molar refractivity (Wildman–Crippen MR) is 103 cm³/mol.